The summed E-state index contributed by atoms with van der Waals surface area (Å²) in [5.74, 6) is 1.77. The molecule has 8 heteroatoms. The molecule has 156 valence electrons. The summed E-state index contributed by atoms with van der Waals surface area (Å²) in [4.78, 5) is 19.9. The van der Waals surface area contributed by atoms with Crippen LogP contribution in [0.15, 0.2) is 64.5 Å². The smallest absolute Gasteiger partial charge is 0.243 e. The van der Waals surface area contributed by atoms with E-state index in [1.165, 1.54) is 17.0 Å². The van der Waals surface area contributed by atoms with Gasteiger partial charge in [0.1, 0.15) is 5.82 Å². The summed E-state index contributed by atoms with van der Waals surface area (Å²) >= 11 is 1.88. The molecule has 2 N–H and O–H groups in total. The van der Waals surface area contributed by atoms with Gasteiger partial charge in [0.05, 0.1) is 6.54 Å². The molecule has 3 rings (SSSR count). The first-order valence-electron chi connectivity index (χ1n) is 9.33. The lowest BCUT2D eigenvalue weighted by Crippen LogP contribution is -2.43. The van der Waals surface area contributed by atoms with Gasteiger partial charge >= 0.3 is 0 Å². The van der Waals surface area contributed by atoms with E-state index < -0.39 is 0 Å². The first kappa shape index (κ1) is 23.5. The number of thioether (sulfide) groups is 1. The average Bonchev–Trinajstić information content (AvgIpc) is 3.16. The van der Waals surface area contributed by atoms with Crippen molar-refractivity contribution in [2.24, 2.45) is 10.9 Å². The topological polar surface area (TPSA) is 56.7 Å². The Balaban J connectivity index is 0.00000300. The fourth-order valence-corrected chi connectivity index (χ4v) is 4.20. The van der Waals surface area contributed by atoms with Crippen LogP contribution in [-0.2, 0) is 4.79 Å². The molecular formula is C21H26FIN4OS. The number of anilines is 1. The molecule has 0 spiro atoms. The van der Waals surface area contributed by atoms with E-state index in [0.717, 1.165) is 31.2 Å². The van der Waals surface area contributed by atoms with E-state index in [4.69, 9.17) is 0 Å². The lowest BCUT2D eigenvalue weighted by atomic mass is 10.2. The number of rotatable bonds is 6. The van der Waals surface area contributed by atoms with E-state index in [1.807, 2.05) is 17.8 Å². The number of likely N-dealkylation sites (tertiary alicyclic amines) is 1. The van der Waals surface area contributed by atoms with E-state index in [9.17, 15) is 9.18 Å². The maximum atomic E-state index is 13.2. The highest BCUT2D eigenvalue weighted by Crippen LogP contribution is 2.25. The van der Waals surface area contributed by atoms with Crippen LogP contribution in [0, 0.1) is 11.7 Å². The predicted molar refractivity (Wildman–Crippen MR) is 129 cm³/mol. The van der Waals surface area contributed by atoms with Gasteiger partial charge in [0.2, 0.25) is 5.91 Å². The third-order valence-electron chi connectivity index (χ3n) is 4.54. The number of hydrogen-bond donors (Lipinski definition) is 2. The van der Waals surface area contributed by atoms with Gasteiger partial charge < -0.3 is 15.5 Å². The molecule has 1 fully saturated rings. The van der Waals surface area contributed by atoms with Gasteiger partial charge in [-0.1, -0.05) is 24.3 Å². The Kier molecular flexibility index (Phi) is 9.72. The van der Waals surface area contributed by atoms with E-state index in [-0.39, 0.29) is 42.2 Å². The Labute approximate surface area is 192 Å². The summed E-state index contributed by atoms with van der Waals surface area (Å²) in [5.41, 5.74) is 0.445. The van der Waals surface area contributed by atoms with Crippen LogP contribution < -0.4 is 10.6 Å². The summed E-state index contributed by atoms with van der Waals surface area (Å²) in [7, 11) is 1.72. The summed E-state index contributed by atoms with van der Waals surface area (Å²) in [6.45, 7) is 1.93. The lowest BCUT2D eigenvalue weighted by Gasteiger charge is -2.21. The molecule has 0 aromatic heterocycles. The first-order valence-corrected chi connectivity index (χ1v) is 10.3. The molecule has 0 radical (unpaired) electrons. The van der Waals surface area contributed by atoms with Gasteiger partial charge in [-0.15, -0.1) is 35.7 Å². The number of hydrogen-bond acceptors (Lipinski definition) is 3. The number of guanidine groups is 1. The molecule has 1 aliphatic heterocycles. The minimum absolute atomic E-state index is 0. The Hall–Kier alpha value is -1.81. The first-order chi connectivity index (χ1) is 13.6. The molecule has 5 nitrogen and oxygen atoms in total. The summed E-state index contributed by atoms with van der Waals surface area (Å²) in [6.07, 6.45) is 1.11. The molecule has 2 aromatic rings. The standard InChI is InChI=1S/C21H25FN4OS.HI/c1-23-21(24-13-20(27)25-18-7-5-6-17(22)12-18)26-11-10-16(14-26)15-28-19-8-3-2-4-9-19;/h2-9,12,16H,10-11,13-15H2,1H3,(H,23,24)(H,25,27);1H. The third kappa shape index (κ3) is 7.50. The third-order valence-corrected chi connectivity index (χ3v) is 5.79. The van der Waals surface area contributed by atoms with E-state index in [0.29, 0.717) is 11.6 Å². The maximum Gasteiger partial charge on any atom is 0.243 e. The molecule has 2 aromatic carbocycles. The zero-order chi connectivity index (χ0) is 19.8. The van der Waals surface area contributed by atoms with Crippen LogP contribution in [0.3, 0.4) is 0 Å². The fourth-order valence-electron chi connectivity index (χ4n) is 3.15. The van der Waals surface area contributed by atoms with Crippen LogP contribution in [0.1, 0.15) is 6.42 Å². The van der Waals surface area contributed by atoms with Gasteiger partial charge in [0.25, 0.3) is 0 Å². The molecule has 1 unspecified atom stereocenters. The van der Waals surface area contributed by atoms with Crippen LogP contribution in [0.25, 0.3) is 0 Å². The van der Waals surface area contributed by atoms with Crippen LogP contribution in [-0.4, -0.2) is 49.2 Å². The summed E-state index contributed by atoms with van der Waals surface area (Å²) in [5, 5.41) is 5.79. The molecule has 1 heterocycles. The monoisotopic (exact) mass is 528 g/mol. The number of carbonyl (C=O) groups is 1. The van der Waals surface area contributed by atoms with Crippen molar-refractivity contribution in [2.45, 2.75) is 11.3 Å². The molecule has 1 saturated heterocycles. The van der Waals surface area contributed by atoms with E-state index >= 15 is 0 Å². The summed E-state index contributed by atoms with van der Waals surface area (Å²) < 4.78 is 13.2. The molecule has 1 aliphatic rings. The van der Waals surface area contributed by atoms with Crippen LogP contribution in [0.5, 0.6) is 0 Å². The largest absolute Gasteiger partial charge is 0.347 e. The number of carbonyl (C=O) groups excluding carboxylic acids is 1. The predicted octanol–water partition coefficient (Wildman–Crippen LogP) is 4.07. The van der Waals surface area contributed by atoms with Crippen LogP contribution >= 0.6 is 35.7 Å². The second-order valence-corrected chi connectivity index (χ2v) is 7.78. The van der Waals surface area contributed by atoms with Gasteiger partial charge in [0.15, 0.2) is 5.96 Å². The van der Waals surface area contributed by atoms with Crippen LogP contribution in [0.4, 0.5) is 10.1 Å². The number of halogens is 2. The van der Waals surface area contributed by atoms with Crippen molar-refractivity contribution in [3.05, 3.63) is 60.4 Å². The Morgan fingerprint density at radius 3 is 2.76 bits per heavy atom. The SMILES string of the molecule is CN=C(NCC(=O)Nc1cccc(F)c1)N1CCC(CSc2ccccc2)C1.I. The summed E-state index contributed by atoms with van der Waals surface area (Å²) in [6, 6.07) is 16.3. The van der Waals surface area contributed by atoms with Gasteiger partial charge in [-0.2, -0.15) is 0 Å². The highest BCUT2D eigenvalue weighted by molar-refractivity contribution is 14.0. The van der Waals surface area contributed by atoms with E-state index in [2.05, 4.69) is 44.8 Å². The molecule has 1 atom stereocenters. The highest BCUT2D eigenvalue weighted by Gasteiger charge is 2.25. The van der Waals surface area contributed by atoms with Gasteiger partial charge in [-0.25, -0.2) is 4.39 Å². The normalized spacial score (nSPS) is 16.3. The molecule has 0 aliphatic carbocycles. The highest BCUT2D eigenvalue weighted by atomic mass is 127. The Morgan fingerprint density at radius 2 is 2.03 bits per heavy atom. The molecule has 0 saturated carbocycles. The lowest BCUT2D eigenvalue weighted by molar-refractivity contribution is -0.115. The van der Waals surface area contributed by atoms with Crippen molar-refractivity contribution < 1.29 is 9.18 Å². The van der Waals surface area contributed by atoms with Crippen molar-refractivity contribution >= 4 is 53.3 Å². The minimum atomic E-state index is -0.377. The Bertz CT molecular complexity index is 821. The number of nitrogens with one attached hydrogen (secondary N) is 2. The quantitative estimate of drug-likeness (QED) is 0.257. The molecule has 1 amide bonds. The second kappa shape index (κ2) is 12.0. The number of aliphatic imine (C=N–C) groups is 1. The number of benzene rings is 2. The van der Waals surface area contributed by atoms with Crippen molar-refractivity contribution in [3.8, 4) is 0 Å². The molecular weight excluding hydrogens is 502 g/mol. The van der Waals surface area contributed by atoms with Crippen molar-refractivity contribution in [1.82, 2.24) is 10.2 Å². The van der Waals surface area contributed by atoms with E-state index in [1.54, 1.807) is 19.2 Å². The van der Waals surface area contributed by atoms with Crippen molar-refractivity contribution in [3.63, 3.8) is 0 Å². The molecule has 0 bridgehead atoms. The number of nitrogens with zero attached hydrogens (tertiary/aromatic N) is 2. The number of amides is 1. The van der Waals surface area contributed by atoms with Gasteiger partial charge in [-0.3, -0.25) is 9.79 Å². The van der Waals surface area contributed by atoms with Crippen molar-refractivity contribution in [2.75, 3.05) is 37.8 Å². The van der Waals surface area contributed by atoms with Gasteiger partial charge in [-0.05, 0) is 42.7 Å². The second-order valence-electron chi connectivity index (χ2n) is 6.68. The average molecular weight is 528 g/mol. The van der Waals surface area contributed by atoms with Crippen LogP contribution in [0.2, 0.25) is 0 Å². The van der Waals surface area contributed by atoms with Gasteiger partial charge in [0, 0.05) is 36.5 Å². The molecule has 29 heavy (non-hydrogen) atoms. The Morgan fingerprint density at radius 1 is 1.24 bits per heavy atom. The minimum Gasteiger partial charge on any atom is -0.347 e. The van der Waals surface area contributed by atoms with Crippen molar-refractivity contribution in [1.29, 1.82) is 0 Å². The zero-order valence-corrected chi connectivity index (χ0v) is 19.5. The fraction of sp³-hybridized carbons (Fsp3) is 0.333. The maximum absolute atomic E-state index is 13.2. The zero-order valence-electron chi connectivity index (χ0n) is 16.3.